The number of benzene rings is 1. The van der Waals surface area contributed by atoms with Gasteiger partial charge in [0.25, 0.3) is 11.5 Å². The van der Waals surface area contributed by atoms with Gasteiger partial charge in [-0.15, -0.1) is 13.2 Å². The molecule has 0 saturated heterocycles. The molecular weight excluding hydrogens is 511 g/mol. The van der Waals surface area contributed by atoms with Crippen LogP contribution >= 0.6 is 0 Å². The molecule has 11 nitrogen and oxygen atoms in total. The van der Waals surface area contributed by atoms with Crippen LogP contribution in [-0.2, 0) is 28.2 Å². The average molecular weight is 537 g/mol. The quantitative estimate of drug-likeness (QED) is 0.489. The van der Waals surface area contributed by atoms with Crippen molar-refractivity contribution in [1.29, 1.82) is 0 Å². The molecule has 0 radical (unpaired) electrons. The normalized spacial score (nSPS) is 20.2. The molecule has 1 aliphatic carbocycles. The van der Waals surface area contributed by atoms with Gasteiger partial charge in [-0.2, -0.15) is 0 Å². The van der Waals surface area contributed by atoms with Gasteiger partial charge in [0.05, 0.1) is 5.54 Å². The van der Waals surface area contributed by atoms with Crippen molar-refractivity contribution < 1.29 is 37.4 Å². The summed E-state index contributed by atoms with van der Waals surface area (Å²) in [5.41, 5.74) is -2.78. The average Bonchev–Trinajstić information content (AvgIpc) is 3.10. The van der Waals surface area contributed by atoms with E-state index in [1.807, 2.05) is 0 Å². The summed E-state index contributed by atoms with van der Waals surface area (Å²) in [6.07, 6.45) is -3.03. The maximum atomic E-state index is 13.1. The first-order valence-electron chi connectivity index (χ1n) is 11.8. The minimum atomic E-state index is -4.95. The van der Waals surface area contributed by atoms with Crippen LogP contribution in [0.15, 0.2) is 29.1 Å². The number of rotatable bonds is 5. The molecule has 1 saturated carbocycles. The first-order valence-corrected chi connectivity index (χ1v) is 11.8. The summed E-state index contributed by atoms with van der Waals surface area (Å²) in [4.78, 5) is 56.4. The molecule has 3 aliphatic rings. The van der Waals surface area contributed by atoms with Crippen LogP contribution < -0.4 is 20.9 Å². The van der Waals surface area contributed by atoms with Crippen LogP contribution in [0.3, 0.4) is 0 Å². The van der Waals surface area contributed by atoms with E-state index in [0.717, 1.165) is 11.0 Å². The van der Waals surface area contributed by atoms with E-state index in [1.54, 1.807) is 0 Å². The molecule has 2 aromatic rings. The molecule has 2 bridgehead atoms. The van der Waals surface area contributed by atoms with Crippen LogP contribution in [0.4, 0.5) is 13.2 Å². The maximum Gasteiger partial charge on any atom is 0.573 e. The number of ether oxygens (including phenoxy) is 1. The van der Waals surface area contributed by atoms with Gasteiger partial charge in [0.2, 0.25) is 5.75 Å². The summed E-state index contributed by atoms with van der Waals surface area (Å²) < 4.78 is 43.4. The van der Waals surface area contributed by atoms with Crippen molar-refractivity contribution in [2.24, 2.45) is 5.92 Å². The van der Waals surface area contributed by atoms with Gasteiger partial charge in [-0.25, -0.2) is 4.98 Å². The minimum absolute atomic E-state index is 0.00582. The number of aromatic nitrogens is 2. The molecular formula is C24H26F3N5O6. The Hall–Kier alpha value is -4.10. The molecule has 0 atom stereocenters. The zero-order valence-electron chi connectivity index (χ0n) is 20.6. The van der Waals surface area contributed by atoms with Crippen LogP contribution in [0.5, 0.6) is 11.5 Å². The molecule has 204 valence electrons. The third kappa shape index (κ3) is 5.29. The number of likely N-dealkylation sites (N-methyl/N-ethyl adjacent to an activating group) is 1. The lowest BCUT2D eigenvalue weighted by Crippen LogP contribution is -2.53. The molecule has 38 heavy (non-hydrogen) atoms. The van der Waals surface area contributed by atoms with Crippen LogP contribution in [0.25, 0.3) is 0 Å². The van der Waals surface area contributed by atoms with E-state index in [1.165, 1.54) is 36.9 Å². The van der Waals surface area contributed by atoms with Crippen molar-refractivity contribution in [2.75, 3.05) is 14.1 Å². The largest absolute Gasteiger partial charge is 0.573 e. The zero-order chi connectivity index (χ0) is 27.8. The SMILES string of the molecule is CN(C)C(=O)C(=O)NC12CCC(CC1)Cn1c2nc(C(=O)NCc2ccccc2OC(F)(F)F)c(O)c1=O. The molecule has 3 amide bonds. The summed E-state index contributed by atoms with van der Waals surface area (Å²) in [6, 6.07) is 5.17. The van der Waals surface area contributed by atoms with Crippen LogP contribution in [0, 0.1) is 5.92 Å². The fourth-order valence-corrected chi connectivity index (χ4v) is 4.86. The third-order valence-electron chi connectivity index (χ3n) is 6.78. The van der Waals surface area contributed by atoms with Gasteiger partial charge in [0.1, 0.15) is 11.6 Å². The Kier molecular flexibility index (Phi) is 7.08. The van der Waals surface area contributed by atoms with E-state index in [0.29, 0.717) is 25.7 Å². The number of alkyl halides is 3. The van der Waals surface area contributed by atoms with Crippen LogP contribution in [0.2, 0.25) is 0 Å². The standard InChI is InChI=1S/C24H26F3N5O6/c1-31(2)21(37)19(35)30-23-9-7-13(8-10-23)12-32-20(36)17(33)16(29-22(23)32)18(34)28-11-14-5-3-4-6-15(14)38-24(25,26)27/h3-6,13,33H,7-12H2,1-2H3,(H,28,34)(H,30,35). The Morgan fingerprint density at radius 3 is 2.50 bits per heavy atom. The number of nitrogens with zero attached hydrogens (tertiary/aromatic N) is 3. The molecule has 14 heteroatoms. The summed E-state index contributed by atoms with van der Waals surface area (Å²) >= 11 is 0. The summed E-state index contributed by atoms with van der Waals surface area (Å²) in [5.74, 6) is -4.09. The molecule has 0 unspecified atom stereocenters. The van der Waals surface area contributed by atoms with Crippen LogP contribution in [0.1, 0.15) is 47.6 Å². The summed E-state index contributed by atoms with van der Waals surface area (Å²) in [6.45, 7) is -0.218. The van der Waals surface area contributed by atoms with Gasteiger partial charge >= 0.3 is 18.2 Å². The van der Waals surface area contributed by atoms with Crippen molar-refractivity contribution in [3.05, 3.63) is 51.7 Å². The first kappa shape index (κ1) is 26.9. The third-order valence-corrected chi connectivity index (χ3v) is 6.78. The molecule has 1 aromatic carbocycles. The lowest BCUT2D eigenvalue weighted by Gasteiger charge is -2.37. The second-order valence-electron chi connectivity index (χ2n) is 9.57. The molecule has 0 spiro atoms. The Bertz CT molecular complexity index is 1330. The smallest absolute Gasteiger partial charge is 0.501 e. The number of para-hydroxylation sites is 1. The number of carbonyl (C=O) groups is 3. The highest BCUT2D eigenvalue weighted by atomic mass is 19.4. The first-order chi connectivity index (χ1) is 17.8. The number of amides is 3. The molecule has 1 fully saturated rings. The van der Waals surface area contributed by atoms with Crippen molar-refractivity contribution in [1.82, 2.24) is 25.1 Å². The van der Waals surface area contributed by atoms with Gasteiger partial charge in [-0.05, 0) is 37.7 Å². The van der Waals surface area contributed by atoms with Crippen molar-refractivity contribution in [3.8, 4) is 11.5 Å². The molecule has 1 aromatic heterocycles. The summed E-state index contributed by atoms with van der Waals surface area (Å²) in [7, 11) is 2.83. The van der Waals surface area contributed by atoms with E-state index in [9.17, 15) is 37.5 Å². The number of carbonyl (C=O) groups excluding carboxylic acids is 3. The van der Waals surface area contributed by atoms with Crippen molar-refractivity contribution in [2.45, 2.75) is 50.7 Å². The van der Waals surface area contributed by atoms with Gasteiger partial charge in [-0.1, -0.05) is 18.2 Å². The lowest BCUT2D eigenvalue weighted by molar-refractivity contribution is -0.274. The second-order valence-corrected chi connectivity index (χ2v) is 9.57. The lowest BCUT2D eigenvalue weighted by atomic mass is 9.77. The van der Waals surface area contributed by atoms with Gasteiger partial charge < -0.3 is 25.4 Å². The number of fused-ring (bicyclic) bond motifs is 2. The molecule has 3 N–H and O–H groups in total. The highest BCUT2D eigenvalue weighted by molar-refractivity contribution is 6.35. The predicted molar refractivity (Wildman–Crippen MR) is 125 cm³/mol. The van der Waals surface area contributed by atoms with Crippen molar-refractivity contribution in [3.63, 3.8) is 0 Å². The number of hydrogen-bond acceptors (Lipinski definition) is 7. The van der Waals surface area contributed by atoms with E-state index >= 15 is 0 Å². The molecule has 5 rings (SSSR count). The highest BCUT2D eigenvalue weighted by Crippen LogP contribution is 2.43. The number of hydrogen-bond donors (Lipinski definition) is 3. The Morgan fingerprint density at radius 2 is 1.87 bits per heavy atom. The fraction of sp³-hybridized carbons (Fsp3) is 0.458. The monoisotopic (exact) mass is 537 g/mol. The summed E-state index contributed by atoms with van der Waals surface area (Å²) in [5, 5.41) is 15.6. The number of halogens is 3. The molecule has 2 aliphatic heterocycles. The number of aromatic hydroxyl groups is 1. The highest BCUT2D eigenvalue weighted by Gasteiger charge is 2.46. The van der Waals surface area contributed by atoms with Crippen LogP contribution in [-0.4, -0.2) is 57.7 Å². The predicted octanol–water partition coefficient (Wildman–Crippen LogP) is 1.38. The van der Waals surface area contributed by atoms with Gasteiger partial charge in [0, 0.05) is 32.7 Å². The Labute approximate surface area is 214 Å². The topological polar surface area (TPSA) is 143 Å². The van der Waals surface area contributed by atoms with Gasteiger partial charge in [-0.3, -0.25) is 23.7 Å². The van der Waals surface area contributed by atoms with Crippen molar-refractivity contribution >= 4 is 17.7 Å². The van der Waals surface area contributed by atoms with E-state index < -0.39 is 58.9 Å². The number of nitrogens with one attached hydrogen (secondary N) is 2. The van der Waals surface area contributed by atoms with E-state index in [-0.39, 0.29) is 23.9 Å². The minimum Gasteiger partial charge on any atom is -0.501 e. The Balaban J connectivity index is 1.67. The van der Waals surface area contributed by atoms with E-state index in [4.69, 9.17) is 0 Å². The van der Waals surface area contributed by atoms with E-state index in [2.05, 4.69) is 20.4 Å². The molecule has 3 heterocycles. The fourth-order valence-electron chi connectivity index (χ4n) is 4.86. The van der Waals surface area contributed by atoms with Gasteiger partial charge in [0.15, 0.2) is 5.69 Å². The maximum absolute atomic E-state index is 13.1. The Morgan fingerprint density at radius 1 is 1.21 bits per heavy atom. The zero-order valence-corrected chi connectivity index (χ0v) is 20.6. The second kappa shape index (κ2) is 9.99.